The highest BCUT2D eigenvalue weighted by Crippen LogP contribution is 2.29. The Morgan fingerprint density at radius 2 is 1.90 bits per heavy atom. The summed E-state index contributed by atoms with van der Waals surface area (Å²) in [6.07, 6.45) is 0.987. The van der Waals surface area contributed by atoms with Gasteiger partial charge in [0.25, 0.3) is 5.91 Å². The fourth-order valence-corrected chi connectivity index (χ4v) is 1.92. The Labute approximate surface area is 124 Å². The maximum atomic E-state index is 11.9. The number of hydrogen-bond acceptors (Lipinski definition) is 3. The van der Waals surface area contributed by atoms with Crippen LogP contribution in [-0.2, 0) is 0 Å². The molecule has 20 heavy (non-hydrogen) atoms. The van der Waals surface area contributed by atoms with Gasteiger partial charge in [-0.3, -0.25) is 4.79 Å². The van der Waals surface area contributed by atoms with Gasteiger partial charge in [-0.2, -0.15) is 0 Å². The van der Waals surface area contributed by atoms with E-state index in [1.807, 2.05) is 0 Å². The van der Waals surface area contributed by atoms with Gasteiger partial charge in [0.1, 0.15) is 6.26 Å². The SMILES string of the molecule is Cc1cc(Cl)c(NC(=O)c2cc(C(=O)O)co2)cc1Cl. The number of rotatable bonds is 3. The molecule has 1 amide bonds. The van der Waals surface area contributed by atoms with E-state index in [-0.39, 0.29) is 11.3 Å². The molecule has 1 aromatic heterocycles. The Bertz CT molecular complexity index is 694. The molecule has 104 valence electrons. The highest BCUT2D eigenvalue weighted by Gasteiger charge is 2.16. The average molecular weight is 314 g/mol. The zero-order valence-corrected chi connectivity index (χ0v) is 11.7. The summed E-state index contributed by atoms with van der Waals surface area (Å²) < 4.78 is 4.88. The van der Waals surface area contributed by atoms with E-state index < -0.39 is 11.9 Å². The van der Waals surface area contributed by atoms with Crippen molar-refractivity contribution in [1.82, 2.24) is 0 Å². The van der Waals surface area contributed by atoms with Gasteiger partial charge in [-0.25, -0.2) is 4.79 Å². The van der Waals surface area contributed by atoms with E-state index in [0.29, 0.717) is 15.7 Å². The first kappa shape index (κ1) is 14.4. The number of halogens is 2. The Morgan fingerprint density at radius 3 is 2.50 bits per heavy atom. The molecule has 0 saturated carbocycles. The molecule has 2 N–H and O–H groups in total. The molecule has 0 spiro atoms. The van der Waals surface area contributed by atoms with Crippen LogP contribution in [0.2, 0.25) is 10.0 Å². The van der Waals surface area contributed by atoms with Gasteiger partial charge in [0.15, 0.2) is 5.76 Å². The number of benzene rings is 1. The topological polar surface area (TPSA) is 79.5 Å². The van der Waals surface area contributed by atoms with Crippen molar-refractivity contribution >= 4 is 40.8 Å². The summed E-state index contributed by atoms with van der Waals surface area (Å²) in [5.41, 5.74) is 0.990. The third-order valence-electron chi connectivity index (χ3n) is 2.57. The molecule has 0 aliphatic rings. The molecule has 0 fully saturated rings. The Balaban J connectivity index is 2.23. The van der Waals surface area contributed by atoms with Crippen molar-refractivity contribution in [2.45, 2.75) is 6.92 Å². The van der Waals surface area contributed by atoms with E-state index in [0.717, 1.165) is 17.9 Å². The molecule has 0 aliphatic heterocycles. The number of aromatic carboxylic acids is 1. The van der Waals surface area contributed by atoms with E-state index in [9.17, 15) is 9.59 Å². The van der Waals surface area contributed by atoms with Crippen molar-refractivity contribution in [3.05, 3.63) is 51.4 Å². The summed E-state index contributed by atoms with van der Waals surface area (Å²) in [5.74, 6) is -1.92. The highest BCUT2D eigenvalue weighted by molar-refractivity contribution is 6.36. The van der Waals surface area contributed by atoms with Crippen molar-refractivity contribution in [2.24, 2.45) is 0 Å². The normalized spacial score (nSPS) is 10.3. The second-order valence-electron chi connectivity index (χ2n) is 4.04. The molecular weight excluding hydrogens is 305 g/mol. The molecule has 0 atom stereocenters. The molecule has 1 heterocycles. The van der Waals surface area contributed by atoms with Gasteiger partial charge in [0.05, 0.1) is 16.3 Å². The number of carboxylic acids is 1. The summed E-state index contributed by atoms with van der Waals surface area (Å²) in [6.45, 7) is 1.78. The van der Waals surface area contributed by atoms with Crippen molar-refractivity contribution in [2.75, 3.05) is 5.32 Å². The number of amides is 1. The molecule has 0 aliphatic carbocycles. The number of furan rings is 1. The van der Waals surface area contributed by atoms with Crippen LogP contribution in [0, 0.1) is 6.92 Å². The second-order valence-corrected chi connectivity index (χ2v) is 4.85. The molecule has 5 nitrogen and oxygen atoms in total. The number of aryl methyl sites for hydroxylation is 1. The third kappa shape index (κ3) is 2.95. The molecule has 2 aromatic rings. The first-order valence-electron chi connectivity index (χ1n) is 5.47. The quantitative estimate of drug-likeness (QED) is 0.902. The largest absolute Gasteiger partial charge is 0.478 e. The van der Waals surface area contributed by atoms with Gasteiger partial charge in [-0.1, -0.05) is 23.2 Å². The lowest BCUT2D eigenvalue weighted by Crippen LogP contribution is -2.11. The molecule has 1 aromatic carbocycles. The minimum Gasteiger partial charge on any atom is -0.478 e. The van der Waals surface area contributed by atoms with Gasteiger partial charge in [-0.05, 0) is 24.6 Å². The number of carbonyl (C=O) groups is 2. The molecule has 7 heteroatoms. The maximum Gasteiger partial charge on any atom is 0.338 e. The minimum atomic E-state index is -1.18. The van der Waals surface area contributed by atoms with Crippen LogP contribution in [0.3, 0.4) is 0 Å². The fourth-order valence-electron chi connectivity index (χ4n) is 1.49. The van der Waals surface area contributed by atoms with Crippen molar-refractivity contribution in [3.8, 4) is 0 Å². The van der Waals surface area contributed by atoms with Crippen LogP contribution >= 0.6 is 23.2 Å². The summed E-state index contributed by atoms with van der Waals surface area (Å²) in [6, 6.07) is 4.25. The van der Waals surface area contributed by atoms with Crippen LogP contribution in [0.5, 0.6) is 0 Å². The number of carbonyl (C=O) groups excluding carboxylic acids is 1. The van der Waals surface area contributed by atoms with Crippen LogP contribution in [0.1, 0.15) is 26.5 Å². The Morgan fingerprint density at radius 1 is 1.20 bits per heavy atom. The molecule has 0 radical (unpaired) electrons. The predicted molar refractivity (Wildman–Crippen MR) is 74.8 cm³/mol. The van der Waals surface area contributed by atoms with E-state index in [4.69, 9.17) is 32.7 Å². The van der Waals surface area contributed by atoms with Gasteiger partial charge in [-0.15, -0.1) is 0 Å². The molecule has 0 unspecified atom stereocenters. The summed E-state index contributed by atoms with van der Waals surface area (Å²) in [4.78, 5) is 22.6. The average Bonchev–Trinajstić information content (AvgIpc) is 2.85. The molecule has 2 rings (SSSR count). The van der Waals surface area contributed by atoms with E-state index in [1.165, 1.54) is 6.07 Å². The smallest absolute Gasteiger partial charge is 0.338 e. The lowest BCUT2D eigenvalue weighted by Gasteiger charge is -2.08. The lowest BCUT2D eigenvalue weighted by molar-refractivity contribution is 0.0696. The number of nitrogens with one attached hydrogen (secondary N) is 1. The van der Waals surface area contributed by atoms with Crippen LogP contribution in [0.25, 0.3) is 0 Å². The van der Waals surface area contributed by atoms with E-state index >= 15 is 0 Å². The maximum absolute atomic E-state index is 11.9. The molecular formula is C13H9Cl2NO4. The predicted octanol–water partition coefficient (Wildman–Crippen LogP) is 3.85. The lowest BCUT2D eigenvalue weighted by atomic mass is 10.2. The first-order chi connectivity index (χ1) is 9.38. The second kappa shape index (κ2) is 5.56. The highest BCUT2D eigenvalue weighted by atomic mass is 35.5. The van der Waals surface area contributed by atoms with Crippen LogP contribution in [0.4, 0.5) is 5.69 Å². The van der Waals surface area contributed by atoms with Crippen LogP contribution in [0.15, 0.2) is 28.9 Å². The zero-order chi connectivity index (χ0) is 14.9. The number of anilines is 1. The molecule has 0 bridgehead atoms. The van der Waals surface area contributed by atoms with Gasteiger partial charge in [0.2, 0.25) is 0 Å². The number of carboxylic acid groups (broad SMARTS) is 1. The minimum absolute atomic E-state index is 0.108. The van der Waals surface area contributed by atoms with Gasteiger partial charge >= 0.3 is 5.97 Å². The zero-order valence-electron chi connectivity index (χ0n) is 10.2. The van der Waals surface area contributed by atoms with Crippen molar-refractivity contribution in [1.29, 1.82) is 0 Å². The monoisotopic (exact) mass is 313 g/mol. The van der Waals surface area contributed by atoms with Crippen molar-refractivity contribution < 1.29 is 19.1 Å². The summed E-state index contributed by atoms with van der Waals surface area (Å²) in [7, 11) is 0. The first-order valence-corrected chi connectivity index (χ1v) is 6.23. The number of hydrogen-bond donors (Lipinski definition) is 2. The van der Waals surface area contributed by atoms with Gasteiger partial charge in [0, 0.05) is 11.1 Å². The molecule has 0 saturated heterocycles. The van der Waals surface area contributed by atoms with E-state index in [1.54, 1.807) is 13.0 Å². The summed E-state index contributed by atoms with van der Waals surface area (Å²) in [5, 5.41) is 12.0. The fraction of sp³-hybridized carbons (Fsp3) is 0.0769. The van der Waals surface area contributed by atoms with Crippen LogP contribution in [-0.4, -0.2) is 17.0 Å². The third-order valence-corrected chi connectivity index (χ3v) is 3.29. The summed E-state index contributed by atoms with van der Waals surface area (Å²) >= 11 is 11.9. The Hall–Kier alpha value is -1.98. The van der Waals surface area contributed by atoms with Crippen molar-refractivity contribution in [3.63, 3.8) is 0 Å². The van der Waals surface area contributed by atoms with E-state index in [2.05, 4.69) is 5.32 Å². The standard InChI is InChI=1S/C13H9Cl2NO4/c1-6-2-9(15)10(4-8(6)14)16-12(17)11-3-7(5-20-11)13(18)19/h2-5H,1H3,(H,16,17)(H,18,19). The van der Waals surface area contributed by atoms with Crippen LogP contribution < -0.4 is 5.32 Å². The van der Waals surface area contributed by atoms with Gasteiger partial charge < -0.3 is 14.8 Å². The Kier molecular flexibility index (Phi) is 4.01.